The molecule has 0 amide bonds. The van der Waals surface area contributed by atoms with Crippen LogP contribution in [0.3, 0.4) is 0 Å². The number of aliphatic hydroxyl groups is 1. The first-order valence-corrected chi connectivity index (χ1v) is 5.24. The van der Waals surface area contributed by atoms with Crippen molar-refractivity contribution >= 4 is 13.3 Å². The van der Waals surface area contributed by atoms with Crippen LogP contribution in [0, 0.1) is 0 Å². The molecule has 0 aliphatic carbocycles. The molecule has 1 nitrogen and oxygen atoms in total. The molecular weight excluding hydrogens is 171 g/mol. The quantitative estimate of drug-likeness (QED) is 0.698. The second-order valence-electron chi connectivity index (χ2n) is 3.64. The maximum Gasteiger partial charge on any atom is 0.113 e. The smallest absolute Gasteiger partial charge is 0.113 e. The first kappa shape index (κ1) is 11.3. The van der Waals surface area contributed by atoms with Crippen molar-refractivity contribution in [1.29, 1.82) is 0 Å². The van der Waals surface area contributed by atoms with Crippen molar-refractivity contribution < 1.29 is 5.11 Å². The van der Waals surface area contributed by atoms with Gasteiger partial charge in [-0.3, -0.25) is 0 Å². The molecule has 0 fully saturated rings. The van der Waals surface area contributed by atoms with Gasteiger partial charge in [-0.2, -0.15) is 0 Å². The summed E-state index contributed by atoms with van der Waals surface area (Å²) in [5.41, 5.74) is 2.14. The molecule has 1 unspecified atom stereocenters. The number of rotatable bonds is 5. The van der Waals surface area contributed by atoms with Crippen molar-refractivity contribution in [2.75, 3.05) is 6.61 Å². The van der Waals surface area contributed by atoms with Gasteiger partial charge in [0.05, 0.1) is 0 Å². The Hall–Kier alpha value is -0.755. The highest BCUT2D eigenvalue weighted by atomic mass is 16.2. The topological polar surface area (TPSA) is 20.2 Å². The van der Waals surface area contributed by atoms with Crippen LogP contribution in [0.15, 0.2) is 24.3 Å². The van der Waals surface area contributed by atoms with Gasteiger partial charge in [0.2, 0.25) is 0 Å². The summed E-state index contributed by atoms with van der Waals surface area (Å²) in [6.45, 7) is 2.46. The zero-order valence-corrected chi connectivity index (χ0v) is 8.74. The minimum absolute atomic E-state index is 0.283. The molecule has 14 heavy (non-hydrogen) atoms. The number of hydrogen-bond acceptors (Lipinski definition) is 1. The van der Waals surface area contributed by atoms with Crippen molar-refractivity contribution in [3.05, 3.63) is 29.8 Å². The predicted molar refractivity (Wildman–Crippen MR) is 61.2 cm³/mol. The van der Waals surface area contributed by atoms with Crippen LogP contribution in [-0.2, 0) is 0 Å². The number of hydrogen-bond donors (Lipinski definition) is 1. The molecular formula is C12H17BO. The highest BCUT2D eigenvalue weighted by Gasteiger charge is 2.07. The molecule has 0 saturated carbocycles. The Labute approximate surface area is 87.6 Å². The zero-order chi connectivity index (χ0) is 10.4. The summed E-state index contributed by atoms with van der Waals surface area (Å²) in [6, 6.07) is 8.05. The molecule has 74 valence electrons. The van der Waals surface area contributed by atoms with Crippen molar-refractivity contribution in [2.24, 2.45) is 0 Å². The van der Waals surface area contributed by atoms with Gasteiger partial charge >= 0.3 is 0 Å². The summed E-state index contributed by atoms with van der Waals surface area (Å²) in [4.78, 5) is 0. The fraction of sp³-hybridized carbons (Fsp3) is 0.500. The predicted octanol–water partition coefficient (Wildman–Crippen LogP) is 1.75. The maximum atomic E-state index is 8.78. The molecule has 2 radical (unpaired) electrons. The van der Waals surface area contributed by atoms with Crippen LogP contribution in [0.1, 0.15) is 37.7 Å². The van der Waals surface area contributed by atoms with E-state index in [4.69, 9.17) is 13.0 Å². The van der Waals surface area contributed by atoms with Gasteiger partial charge in [-0.1, -0.05) is 36.7 Å². The Bertz CT molecular complexity index is 256. The first-order chi connectivity index (χ1) is 6.77. The number of aliphatic hydroxyl groups excluding tert-OH is 1. The van der Waals surface area contributed by atoms with Crippen LogP contribution in [0.25, 0.3) is 0 Å². The fourth-order valence-electron chi connectivity index (χ4n) is 1.71. The summed E-state index contributed by atoms with van der Waals surface area (Å²) >= 11 is 0. The molecule has 1 aromatic carbocycles. The molecule has 2 heteroatoms. The van der Waals surface area contributed by atoms with Crippen LogP contribution in [0.5, 0.6) is 0 Å². The van der Waals surface area contributed by atoms with Gasteiger partial charge in [-0.25, -0.2) is 0 Å². The third-order valence-corrected chi connectivity index (χ3v) is 2.61. The Morgan fingerprint density at radius 3 is 2.43 bits per heavy atom. The van der Waals surface area contributed by atoms with Crippen LogP contribution < -0.4 is 5.46 Å². The zero-order valence-electron chi connectivity index (χ0n) is 8.74. The Morgan fingerprint density at radius 1 is 1.29 bits per heavy atom. The average molecular weight is 188 g/mol. The largest absolute Gasteiger partial charge is 0.396 e. The van der Waals surface area contributed by atoms with E-state index in [-0.39, 0.29) is 6.61 Å². The number of benzene rings is 1. The summed E-state index contributed by atoms with van der Waals surface area (Å²) in [6.07, 6.45) is 3.05. The molecule has 1 rings (SSSR count). The van der Waals surface area contributed by atoms with E-state index in [1.807, 2.05) is 12.1 Å². The van der Waals surface area contributed by atoms with E-state index in [0.717, 1.165) is 24.7 Å². The average Bonchev–Trinajstić information content (AvgIpc) is 2.21. The lowest BCUT2D eigenvalue weighted by Gasteiger charge is -2.14. The van der Waals surface area contributed by atoms with Crippen LogP contribution >= 0.6 is 0 Å². The minimum Gasteiger partial charge on any atom is -0.396 e. The lowest BCUT2D eigenvalue weighted by molar-refractivity contribution is 0.279. The summed E-state index contributed by atoms with van der Waals surface area (Å²) in [5, 5.41) is 8.78. The van der Waals surface area contributed by atoms with Gasteiger partial charge in [-0.15, -0.1) is 0 Å². The molecule has 0 aliphatic rings. The van der Waals surface area contributed by atoms with Crippen molar-refractivity contribution in [1.82, 2.24) is 0 Å². The third kappa shape index (κ3) is 3.19. The van der Waals surface area contributed by atoms with Crippen LogP contribution in [-0.4, -0.2) is 19.6 Å². The summed E-state index contributed by atoms with van der Waals surface area (Å²) in [5.74, 6) is 0.558. The molecule has 1 N–H and O–H groups in total. The van der Waals surface area contributed by atoms with Gasteiger partial charge in [0, 0.05) is 6.61 Å². The molecule has 1 aromatic rings. The van der Waals surface area contributed by atoms with E-state index in [1.165, 1.54) is 5.56 Å². The Balaban J connectivity index is 2.64. The van der Waals surface area contributed by atoms with E-state index in [1.54, 1.807) is 0 Å². The monoisotopic (exact) mass is 188 g/mol. The molecule has 1 atom stereocenters. The normalized spacial score (nSPS) is 12.7. The third-order valence-electron chi connectivity index (χ3n) is 2.61. The molecule has 0 saturated heterocycles. The molecule has 0 aliphatic heterocycles. The van der Waals surface area contributed by atoms with Crippen molar-refractivity contribution in [2.45, 2.75) is 32.1 Å². The van der Waals surface area contributed by atoms with E-state index < -0.39 is 0 Å². The SMILES string of the molecule is [B]c1ccc(C(CC)CCCO)cc1. The molecule has 0 bridgehead atoms. The van der Waals surface area contributed by atoms with Gasteiger partial charge in [-0.05, 0) is 30.7 Å². The standard InChI is InChI=1S/C12H17BO/c1-2-10(4-3-9-14)11-5-7-12(13)8-6-11/h5-8,10,14H,2-4,9H2,1H3. The van der Waals surface area contributed by atoms with E-state index in [2.05, 4.69) is 19.1 Å². The molecule has 0 aromatic heterocycles. The van der Waals surface area contributed by atoms with E-state index in [0.29, 0.717) is 5.92 Å². The van der Waals surface area contributed by atoms with Gasteiger partial charge in [0.25, 0.3) is 0 Å². The van der Waals surface area contributed by atoms with Gasteiger partial charge in [0.15, 0.2) is 0 Å². The lowest BCUT2D eigenvalue weighted by Crippen LogP contribution is -2.04. The van der Waals surface area contributed by atoms with Crippen molar-refractivity contribution in [3.8, 4) is 0 Å². The van der Waals surface area contributed by atoms with Crippen LogP contribution in [0.2, 0.25) is 0 Å². The highest BCUT2D eigenvalue weighted by Crippen LogP contribution is 2.23. The molecule has 0 spiro atoms. The molecule has 0 heterocycles. The summed E-state index contributed by atoms with van der Waals surface area (Å²) < 4.78 is 0. The van der Waals surface area contributed by atoms with E-state index in [9.17, 15) is 0 Å². The van der Waals surface area contributed by atoms with Gasteiger partial charge < -0.3 is 5.11 Å². The van der Waals surface area contributed by atoms with Crippen LogP contribution in [0.4, 0.5) is 0 Å². The van der Waals surface area contributed by atoms with Gasteiger partial charge in [0.1, 0.15) is 7.85 Å². The minimum atomic E-state index is 0.283. The lowest BCUT2D eigenvalue weighted by atomic mass is 9.88. The van der Waals surface area contributed by atoms with Crippen molar-refractivity contribution in [3.63, 3.8) is 0 Å². The highest BCUT2D eigenvalue weighted by molar-refractivity contribution is 6.32. The van der Waals surface area contributed by atoms with E-state index >= 15 is 0 Å². The summed E-state index contributed by atoms with van der Waals surface area (Å²) in [7, 11) is 5.63. The Morgan fingerprint density at radius 2 is 1.93 bits per heavy atom. The second kappa shape index (κ2) is 5.87. The Kier molecular flexibility index (Phi) is 4.74. The first-order valence-electron chi connectivity index (χ1n) is 5.24. The maximum absolute atomic E-state index is 8.78. The fourth-order valence-corrected chi connectivity index (χ4v) is 1.71. The second-order valence-corrected chi connectivity index (χ2v) is 3.64.